The van der Waals surface area contributed by atoms with Crippen molar-refractivity contribution in [2.45, 2.75) is 18.9 Å². The molecule has 116 valence electrons. The Labute approximate surface area is 142 Å². The van der Waals surface area contributed by atoms with Crippen LogP contribution in [-0.4, -0.2) is 12.6 Å². The maximum atomic E-state index is 14.0. The van der Waals surface area contributed by atoms with Crippen molar-refractivity contribution < 1.29 is 9.13 Å². The fourth-order valence-corrected chi connectivity index (χ4v) is 3.69. The lowest BCUT2D eigenvalue weighted by atomic mass is 9.95. The van der Waals surface area contributed by atoms with E-state index < -0.39 is 0 Å². The molecule has 0 bridgehead atoms. The maximum absolute atomic E-state index is 14.0. The largest absolute Gasteiger partial charge is 0.488 e. The molecular weight excluding hydrogens is 348 g/mol. The predicted octanol–water partition coefficient (Wildman–Crippen LogP) is 5.11. The summed E-state index contributed by atoms with van der Waals surface area (Å²) in [7, 11) is 0. The van der Waals surface area contributed by atoms with Gasteiger partial charge in [0.25, 0.3) is 0 Å². The number of hydrogen-bond donors (Lipinski definition) is 1. The summed E-state index contributed by atoms with van der Waals surface area (Å²) in [5, 5.41) is 1.12. The van der Waals surface area contributed by atoms with Crippen LogP contribution < -0.4 is 10.5 Å². The second-order valence-electron chi connectivity index (χ2n) is 5.20. The van der Waals surface area contributed by atoms with Crippen LogP contribution in [0.25, 0.3) is 11.1 Å². The van der Waals surface area contributed by atoms with Gasteiger partial charge < -0.3 is 10.5 Å². The molecule has 1 atom stereocenters. The zero-order valence-corrected chi connectivity index (χ0v) is 13.8. The van der Waals surface area contributed by atoms with Crippen LogP contribution in [0.1, 0.15) is 12.0 Å². The highest BCUT2D eigenvalue weighted by Gasteiger charge is 2.25. The SMILES string of the molecule is NC[C@H]1CCc2cc(F)cc(-c3c(Cl)cc(Cl)cc3Cl)c2O1. The van der Waals surface area contributed by atoms with Gasteiger partial charge in [0.2, 0.25) is 0 Å². The Balaban J connectivity index is 2.22. The molecule has 0 unspecified atom stereocenters. The van der Waals surface area contributed by atoms with Crippen LogP contribution >= 0.6 is 34.8 Å². The van der Waals surface area contributed by atoms with Gasteiger partial charge in [0.05, 0.1) is 10.0 Å². The maximum Gasteiger partial charge on any atom is 0.131 e. The summed E-state index contributed by atoms with van der Waals surface area (Å²) in [6.07, 6.45) is 1.36. The standard InChI is InChI=1S/C16H13Cl3FNO/c17-9-4-13(18)15(14(19)5-9)12-6-10(20)3-8-1-2-11(7-21)22-16(8)12/h3-6,11H,1-2,7,21H2/t11-/m1/s1. The monoisotopic (exact) mass is 359 g/mol. The molecule has 0 amide bonds. The lowest BCUT2D eigenvalue weighted by molar-refractivity contribution is 0.182. The Hall–Kier alpha value is -1.00. The normalized spacial score (nSPS) is 17.0. The van der Waals surface area contributed by atoms with Gasteiger partial charge in [-0.15, -0.1) is 0 Å². The summed E-state index contributed by atoms with van der Waals surface area (Å²) in [4.78, 5) is 0. The number of ether oxygens (including phenoxy) is 1. The fourth-order valence-electron chi connectivity index (χ4n) is 2.67. The first-order valence-electron chi connectivity index (χ1n) is 6.83. The lowest BCUT2D eigenvalue weighted by Crippen LogP contribution is -2.30. The van der Waals surface area contributed by atoms with E-state index in [1.54, 1.807) is 12.1 Å². The molecule has 2 nitrogen and oxygen atoms in total. The van der Waals surface area contributed by atoms with E-state index in [4.69, 9.17) is 45.3 Å². The van der Waals surface area contributed by atoms with E-state index >= 15 is 0 Å². The summed E-state index contributed by atoms with van der Waals surface area (Å²) in [5.41, 5.74) is 7.53. The van der Waals surface area contributed by atoms with Crippen molar-refractivity contribution in [3.05, 3.63) is 50.7 Å². The molecule has 0 spiro atoms. The van der Waals surface area contributed by atoms with Crippen molar-refractivity contribution in [3.63, 3.8) is 0 Å². The molecular formula is C16H13Cl3FNO. The van der Waals surface area contributed by atoms with Crippen molar-refractivity contribution in [1.82, 2.24) is 0 Å². The number of benzene rings is 2. The minimum absolute atomic E-state index is 0.0958. The van der Waals surface area contributed by atoms with Crippen LogP contribution in [0.3, 0.4) is 0 Å². The van der Waals surface area contributed by atoms with Crippen molar-refractivity contribution in [2.75, 3.05) is 6.54 Å². The van der Waals surface area contributed by atoms with Crippen LogP contribution in [0.2, 0.25) is 15.1 Å². The number of aryl methyl sites for hydroxylation is 1. The molecule has 0 saturated carbocycles. The van der Waals surface area contributed by atoms with E-state index in [0.717, 1.165) is 12.0 Å². The summed E-state index contributed by atoms with van der Waals surface area (Å²) in [6.45, 7) is 0.401. The van der Waals surface area contributed by atoms with Gasteiger partial charge in [-0.2, -0.15) is 0 Å². The summed E-state index contributed by atoms with van der Waals surface area (Å²) >= 11 is 18.5. The van der Waals surface area contributed by atoms with E-state index in [1.807, 2.05) is 0 Å². The first-order chi connectivity index (χ1) is 10.5. The molecule has 0 radical (unpaired) electrons. The van der Waals surface area contributed by atoms with Crippen LogP contribution in [0.15, 0.2) is 24.3 Å². The number of rotatable bonds is 2. The van der Waals surface area contributed by atoms with Gasteiger partial charge in [0.1, 0.15) is 17.7 Å². The highest BCUT2D eigenvalue weighted by atomic mass is 35.5. The van der Waals surface area contributed by atoms with Gasteiger partial charge in [-0.1, -0.05) is 34.8 Å². The zero-order chi connectivity index (χ0) is 15.9. The van der Waals surface area contributed by atoms with Crippen molar-refractivity contribution in [2.24, 2.45) is 5.73 Å². The minimum Gasteiger partial charge on any atom is -0.488 e. The predicted molar refractivity (Wildman–Crippen MR) is 88.7 cm³/mol. The van der Waals surface area contributed by atoms with Crippen molar-refractivity contribution in [1.29, 1.82) is 0 Å². The molecule has 2 aromatic carbocycles. The Morgan fingerprint density at radius 1 is 1.14 bits per heavy atom. The number of halogens is 4. The van der Waals surface area contributed by atoms with Gasteiger partial charge in [-0.25, -0.2) is 4.39 Å². The minimum atomic E-state index is -0.356. The second kappa shape index (κ2) is 6.25. The van der Waals surface area contributed by atoms with Crippen LogP contribution in [0.5, 0.6) is 5.75 Å². The van der Waals surface area contributed by atoms with E-state index in [1.165, 1.54) is 12.1 Å². The van der Waals surface area contributed by atoms with Gasteiger partial charge in [0, 0.05) is 22.7 Å². The molecule has 0 saturated heterocycles. The van der Waals surface area contributed by atoms with Crippen LogP contribution in [-0.2, 0) is 6.42 Å². The Bertz CT molecular complexity index is 713. The smallest absolute Gasteiger partial charge is 0.131 e. The number of fused-ring (bicyclic) bond motifs is 1. The van der Waals surface area contributed by atoms with Crippen molar-refractivity contribution >= 4 is 34.8 Å². The quantitative estimate of drug-likeness (QED) is 0.808. The Morgan fingerprint density at radius 2 is 1.82 bits per heavy atom. The molecule has 2 N–H and O–H groups in total. The lowest BCUT2D eigenvalue weighted by Gasteiger charge is -2.27. The van der Waals surface area contributed by atoms with E-state index in [2.05, 4.69) is 0 Å². The zero-order valence-electron chi connectivity index (χ0n) is 11.5. The highest BCUT2D eigenvalue weighted by Crippen LogP contribution is 2.45. The molecule has 0 aromatic heterocycles. The molecule has 3 rings (SSSR count). The Morgan fingerprint density at radius 3 is 2.45 bits per heavy atom. The highest BCUT2D eigenvalue weighted by molar-refractivity contribution is 6.42. The number of hydrogen-bond acceptors (Lipinski definition) is 2. The van der Waals surface area contributed by atoms with Crippen LogP contribution in [0.4, 0.5) is 4.39 Å². The molecule has 22 heavy (non-hydrogen) atoms. The third kappa shape index (κ3) is 2.91. The van der Waals surface area contributed by atoms with Crippen molar-refractivity contribution in [3.8, 4) is 16.9 Å². The molecule has 1 aliphatic rings. The second-order valence-corrected chi connectivity index (χ2v) is 6.45. The topological polar surface area (TPSA) is 35.2 Å². The van der Waals surface area contributed by atoms with E-state index in [0.29, 0.717) is 44.9 Å². The average Bonchev–Trinajstić information content (AvgIpc) is 2.45. The van der Waals surface area contributed by atoms with E-state index in [-0.39, 0.29) is 11.9 Å². The first-order valence-corrected chi connectivity index (χ1v) is 7.97. The van der Waals surface area contributed by atoms with Gasteiger partial charge in [-0.05, 0) is 42.7 Å². The average molecular weight is 361 g/mol. The van der Waals surface area contributed by atoms with Gasteiger partial charge in [0.15, 0.2) is 0 Å². The molecule has 6 heteroatoms. The Kier molecular flexibility index (Phi) is 4.51. The molecule has 1 aliphatic heterocycles. The molecule has 0 fully saturated rings. The number of nitrogens with two attached hydrogens (primary N) is 1. The first kappa shape index (κ1) is 15.9. The third-order valence-corrected chi connectivity index (χ3v) is 4.50. The molecule has 0 aliphatic carbocycles. The van der Waals surface area contributed by atoms with Gasteiger partial charge >= 0.3 is 0 Å². The summed E-state index contributed by atoms with van der Waals surface area (Å²) < 4.78 is 19.9. The third-order valence-electron chi connectivity index (χ3n) is 3.69. The molecule has 2 aromatic rings. The van der Waals surface area contributed by atoms with E-state index in [9.17, 15) is 4.39 Å². The van der Waals surface area contributed by atoms with Gasteiger partial charge in [-0.3, -0.25) is 0 Å². The summed E-state index contributed by atoms with van der Waals surface area (Å²) in [6, 6.07) is 6.00. The molecule has 1 heterocycles. The fraction of sp³-hybridized carbons (Fsp3) is 0.250. The summed E-state index contributed by atoms with van der Waals surface area (Å²) in [5.74, 6) is 0.236. The van der Waals surface area contributed by atoms with Crippen LogP contribution in [0, 0.1) is 5.82 Å².